The summed E-state index contributed by atoms with van der Waals surface area (Å²) in [5, 5.41) is 3.41. The second kappa shape index (κ2) is 6.08. The Kier molecular flexibility index (Phi) is 4.18. The Hall–Kier alpha value is -1.51. The van der Waals surface area contributed by atoms with Gasteiger partial charge in [0, 0.05) is 37.7 Å². The summed E-state index contributed by atoms with van der Waals surface area (Å²) in [4.78, 5) is 14.6. The lowest BCUT2D eigenvalue weighted by Crippen LogP contribution is -2.39. The monoisotopic (exact) mass is 286 g/mol. The molecule has 0 bridgehead atoms. The van der Waals surface area contributed by atoms with Crippen LogP contribution in [0.25, 0.3) is 0 Å². The van der Waals surface area contributed by atoms with Crippen LogP contribution in [0, 0.1) is 5.92 Å². The molecule has 1 aliphatic carbocycles. The maximum atomic E-state index is 12.6. The van der Waals surface area contributed by atoms with E-state index in [9.17, 15) is 4.79 Å². The Bertz CT molecular complexity index is 506. The van der Waals surface area contributed by atoms with E-state index >= 15 is 0 Å². The van der Waals surface area contributed by atoms with Crippen molar-refractivity contribution >= 4 is 11.6 Å². The Balaban J connectivity index is 1.59. The lowest BCUT2D eigenvalue weighted by molar-refractivity contribution is -0.133. The number of nitrogens with one attached hydrogen (secondary N) is 1. The van der Waals surface area contributed by atoms with Crippen LogP contribution in [0.3, 0.4) is 0 Å². The smallest absolute Gasteiger partial charge is 0.223 e. The lowest BCUT2D eigenvalue weighted by Gasteiger charge is -2.34. The summed E-state index contributed by atoms with van der Waals surface area (Å²) in [6.45, 7) is 3.21. The summed E-state index contributed by atoms with van der Waals surface area (Å²) < 4.78 is 0. The van der Waals surface area contributed by atoms with Crippen molar-refractivity contribution in [3.63, 3.8) is 0 Å². The lowest BCUT2D eigenvalue weighted by atomic mass is 9.86. The van der Waals surface area contributed by atoms with Gasteiger partial charge in [-0.25, -0.2) is 0 Å². The predicted molar refractivity (Wildman–Crippen MR) is 86.5 cm³/mol. The molecule has 3 heteroatoms. The third kappa shape index (κ3) is 3.07. The molecule has 114 valence electrons. The fourth-order valence-electron chi connectivity index (χ4n) is 3.73. The normalized spacial score (nSPS) is 27.8. The third-order valence-corrected chi connectivity index (χ3v) is 5.29. The highest BCUT2D eigenvalue weighted by Crippen LogP contribution is 2.34. The maximum Gasteiger partial charge on any atom is 0.223 e. The topological polar surface area (TPSA) is 32.3 Å². The first-order valence-electron chi connectivity index (χ1n) is 8.23. The largest absolute Gasteiger partial charge is 0.384 e. The summed E-state index contributed by atoms with van der Waals surface area (Å²) in [5.74, 6) is 1.47. The molecule has 1 aliphatic heterocycles. The van der Waals surface area contributed by atoms with E-state index in [0.29, 0.717) is 24.3 Å². The van der Waals surface area contributed by atoms with Crippen molar-refractivity contribution in [2.45, 2.75) is 51.0 Å². The van der Waals surface area contributed by atoms with E-state index in [2.05, 4.69) is 30.4 Å². The summed E-state index contributed by atoms with van der Waals surface area (Å²) >= 11 is 0. The van der Waals surface area contributed by atoms with Crippen molar-refractivity contribution in [2.75, 3.05) is 18.9 Å². The molecule has 1 N–H and O–H groups in total. The molecule has 1 aromatic rings. The number of carbonyl (C=O) groups is 1. The van der Waals surface area contributed by atoms with Crippen LogP contribution in [0.5, 0.6) is 0 Å². The molecule has 0 spiro atoms. The number of hydrogen-bond donors (Lipinski definition) is 1. The zero-order valence-corrected chi connectivity index (χ0v) is 13.1. The van der Waals surface area contributed by atoms with Crippen molar-refractivity contribution in [3.8, 4) is 0 Å². The standard InChI is InChI=1S/C18H26N2O/c1-13-7-9-15(10-8-13)20(2)18(21)11-14-12-19-17-6-4-3-5-16(14)17/h3-6,13-15,19H,7-12H2,1-2H3. The van der Waals surface area contributed by atoms with Crippen LogP contribution in [0.4, 0.5) is 5.69 Å². The van der Waals surface area contributed by atoms with Crippen LogP contribution in [0.2, 0.25) is 0 Å². The van der Waals surface area contributed by atoms with Crippen LogP contribution < -0.4 is 5.32 Å². The number of anilines is 1. The van der Waals surface area contributed by atoms with Crippen LogP contribution in [0.1, 0.15) is 50.5 Å². The average molecular weight is 286 g/mol. The third-order valence-electron chi connectivity index (χ3n) is 5.29. The molecule has 1 amide bonds. The summed E-state index contributed by atoms with van der Waals surface area (Å²) in [7, 11) is 2.00. The molecule has 0 radical (unpaired) electrons. The summed E-state index contributed by atoms with van der Waals surface area (Å²) in [5.41, 5.74) is 2.50. The summed E-state index contributed by atoms with van der Waals surface area (Å²) in [6, 6.07) is 8.82. The molecule has 1 fully saturated rings. The molecule has 3 rings (SSSR count). The Morgan fingerprint density at radius 3 is 2.71 bits per heavy atom. The van der Waals surface area contributed by atoms with Crippen LogP contribution >= 0.6 is 0 Å². The van der Waals surface area contributed by atoms with Crippen molar-refractivity contribution in [1.82, 2.24) is 4.90 Å². The number of benzene rings is 1. The van der Waals surface area contributed by atoms with Crippen molar-refractivity contribution in [2.24, 2.45) is 5.92 Å². The first-order chi connectivity index (χ1) is 10.1. The first kappa shape index (κ1) is 14.4. The van der Waals surface area contributed by atoms with Gasteiger partial charge >= 0.3 is 0 Å². The first-order valence-corrected chi connectivity index (χ1v) is 8.23. The van der Waals surface area contributed by atoms with E-state index in [1.165, 1.54) is 36.9 Å². The van der Waals surface area contributed by atoms with Crippen LogP contribution in [-0.4, -0.2) is 30.4 Å². The number of nitrogens with zero attached hydrogens (tertiary/aromatic N) is 1. The number of hydrogen-bond acceptors (Lipinski definition) is 2. The van der Waals surface area contributed by atoms with E-state index in [1.54, 1.807) is 0 Å². The van der Waals surface area contributed by atoms with E-state index in [1.807, 2.05) is 18.0 Å². The molecule has 2 aliphatic rings. The molecule has 21 heavy (non-hydrogen) atoms. The molecular weight excluding hydrogens is 260 g/mol. The van der Waals surface area contributed by atoms with Gasteiger partial charge in [0.1, 0.15) is 0 Å². The minimum absolute atomic E-state index is 0.304. The van der Waals surface area contributed by atoms with E-state index in [-0.39, 0.29) is 0 Å². The molecule has 1 heterocycles. The minimum atomic E-state index is 0.304. The molecule has 0 aromatic heterocycles. The average Bonchev–Trinajstić information content (AvgIpc) is 2.91. The maximum absolute atomic E-state index is 12.6. The fourth-order valence-corrected chi connectivity index (χ4v) is 3.73. The van der Waals surface area contributed by atoms with E-state index in [4.69, 9.17) is 0 Å². The van der Waals surface area contributed by atoms with Gasteiger partial charge in [-0.2, -0.15) is 0 Å². The van der Waals surface area contributed by atoms with Crippen molar-refractivity contribution in [1.29, 1.82) is 0 Å². The van der Waals surface area contributed by atoms with Gasteiger partial charge in [-0.05, 0) is 43.2 Å². The zero-order chi connectivity index (χ0) is 14.8. The fraction of sp³-hybridized carbons (Fsp3) is 0.611. The zero-order valence-electron chi connectivity index (χ0n) is 13.1. The van der Waals surface area contributed by atoms with E-state index in [0.717, 1.165) is 12.5 Å². The second-order valence-corrected chi connectivity index (χ2v) is 6.79. The highest BCUT2D eigenvalue weighted by Gasteiger charge is 2.29. The number of carbonyl (C=O) groups excluding carboxylic acids is 1. The Morgan fingerprint density at radius 1 is 1.24 bits per heavy atom. The van der Waals surface area contributed by atoms with Gasteiger partial charge in [-0.3, -0.25) is 4.79 Å². The van der Waals surface area contributed by atoms with Gasteiger partial charge in [-0.15, -0.1) is 0 Å². The number of fused-ring (bicyclic) bond motifs is 1. The van der Waals surface area contributed by atoms with Gasteiger partial charge < -0.3 is 10.2 Å². The number of rotatable bonds is 3. The van der Waals surface area contributed by atoms with Gasteiger partial charge in [-0.1, -0.05) is 25.1 Å². The van der Waals surface area contributed by atoms with Crippen molar-refractivity contribution < 1.29 is 4.79 Å². The molecule has 1 atom stereocenters. The molecule has 1 unspecified atom stereocenters. The van der Waals surface area contributed by atoms with Gasteiger partial charge in [0.2, 0.25) is 5.91 Å². The van der Waals surface area contributed by atoms with Gasteiger partial charge in [0.15, 0.2) is 0 Å². The Labute approximate surface area is 127 Å². The number of para-hydroxylation sites is 1. The highest BCUT2D eigenvalue weighted by molar-refractivity contribution is 5.78. The second-order valence-electron chi connectivity index (χ2n) is 6.79. The highest BCUT2D eigenvalue weighted by atomic mass is 16.2. The van der Waals surface area contributed by atoms with E-state index < -0.39 is 0 Å². The predicted octanol–water partition coefficient (Wildman–Crippen LogP) is 3.62. The molecule has 0 saturated heterocycles. The Morgan fingerprint density at radius 2 is 1.95 bits per heavy atom. The summed E-state index contributed by atoms with van der Waals surface area (Å²) in [6.07, 6.45) is 5.49. The van der Waals surface area contributed by atoms with Crippen LogP contribution in [0.15, 0.2) is 24.3 Å². The minimum Gasteiger partial charge on any atom is -0.384 e. The molecule has 1 aromatic carbocycles. The molecule has 3 nitrogen and oxygen atoms in total. The SMILES string of the molecule is CC1CCC(N(C)C(=O)CC2CNc3ccccc32)CC1. The molecule has 1 saturated carbocycles. The van der Waals surface area contributed by atoms with Crippen LogP contribution in [-0.2, 0) is 4.79 Å². The van der Waals surface area contributed by atoms with Crippen molar-refractivity contribution in [3.05, 3.63) is 29.8 Å². The number of amides is 1. The quantitative estimate of drug-likeness (QED) is 0.920. The van der Waals surface area contributed by atoms with Gasteiger partial charge in [0.05, 0.1) is 0 Å². The van der Waals surface area contributed by atoms with Gasteiger partial charge in [0.25, 0.3) is 0 Å². The molecular formula is C18H26N2O.